The lowest BCUT2D eigenvalue weighted by Crippen LogP contribution is -2.21. The lowest BCUT2D eigenvalue weighted by Gasteiger charge is -2.26. The van der Waals surface area contributed by atoms with Crippen LogP contribution in [0.2, 0.25) is 0 Å². The van der Waals surface area contributed by atoms with Gasteiger partial charge in [-0.05, 0) is 58.5 Å². The van der Waals surface area contributed by atoms with E-state index < -0.39 is 9.84 Å². The number of sulfone groups is 1. The molecule has 0 saturated heterocycles. The lowest BCUT2D eigenvalue weighted by atomic mass is 9.78. The number of aryl methyl sites for hydroxylation is 1. The van der Waals surface area contributed by atoms with E-state index in [-0.39, 0.29) is 11.0 Å². The van der Waals surface area contributed by atoms with Gasteiger partial charge in [0.25, 0.3) is 5.56 Å². The van der Waals surface area contributed by atoms with Gasteiger partial charge in [0.1, 0.15) is 0 Å². The van der Waals surface area contributed by atoms with Gasteiger partial charge >= 0.3 is 0 Å². The summed E-state index contributed by atoms with van der Waals surface area (Å²) in [6.45, 7) is 6.32. The third-order valence-electron chi connectivity index (χ3n) is 5.19. The van der Waals surface area contributed by atoms with Crippen LogP contribution in [0.3, 0.4) is 0 Å². The molecule has 0 aliphatic rings. The van der Waals surface area contributed by atoms with Gasteiger partial charge in [0.2, 0.25) is 0 Å². The van der Waals surface area contributed by atoms with Crippen molar-refractivity contribution in [3.8, 4) is 0 Å². The molecule has 3 rings (SSSR count). The van der Waals surface area contributed by atoms with Gasteiger partial charge in [-0.1, -0.05) is 57.2 Å². The molecule has 0 spiro atoms. The van der Waals surface area contributed by atoms with Gasteiger partial charge in [0.15, 0.2) is 9.84 Å². The second-order valence-electron chi connectivity index (χ2n) is 8.22. The van der Waals surface area contributed by atoms with Crippen LogP contribution in [-0.4, -0.2) is 19.7 Å². The van der Waals surface area contributed by atoms with E-state index in [1.165, 1.54) is 11.7 Å². The van der Waals surface area contributed by atoms with E-state index in [2.05, 4.69) is 43.1 Å². The third-order valence-corrected chi connectivity index (χ3v) is 5.82. The van der Waals surface area contributed by atoms with Crippen molar-refractivity contribution < 1.29 is 8.42 Å². The first-order chi connectivity index (χ1) is 13.6. The topological polar surface area (TPSA) is 67.0 Å². The molecule has 3 aromatic rings. The zero-order chi connectivity index (χ0) is 21.2. The molecule has 0 atom stereocenters. The first-order valence-corrected chi connectivity index (χ1v) is 11.7. The van der Waals surface area contributed by atoms with Crippen molar-refractivity contribution >= 4 is 26.8 Å². The Morgan fingerprint density at radius 1 is 1.07 bits per heavy atom. The van der Waals surface area contributed by atoms with Crippen molar-refractivity contribution in [2.45, 2.75) is 39.0 Å². The van der Waals surface area contributed by atoms with Crippen molar-refractivity contribution in [1.82, 2.24) is 4.98 Å². The number of aromatic nitrogens is 1. The molecule has 0 unspecified atom stereocenters. The Balaban J connectivity index is 1.91. The highest BCUT2D eigenvalue weighted by atomic mass is 32.2. The quantitative estimate of drug-likeness (QED) is 0.646. The highest BCUT2D eigenvalue weighted by molar-refractivity contribution is 7.93. The Kier molecular flexibility index (Phi) is 5.80. The summed E-state index contributed by atoms with van der Waals surface area (Å²) in [7, 11) is -3.15. The largest absolute Gasteiger partial charge is 0.322 e. The molecule has 0 aliphatic heterocycles. The first-order valence-electron chi connectivity index (χ1n) is 9.71. The Labute approximate surface area is 172 Å². The molecule has 1 heterocycles. The van der Waals surface area contributed by atoms with E-state index >= 15 is 0 Å². The van der Waals surface area contributed by atoms with Gasteiger partial charge in [-0.15, -0.1) is 0 Å². The molecule has 0 aliphatic carbocycles. The monoisotopic (exact) mass is 409 g/mol. The number of hydrogen-bond acceptors (Lipinski definition) is 3. The zero-order valence-electron chi connectivity index (χ0n) is 17.3. The number of aromatic amines is 1. The van der Waals surface area contributed by atoms with E-state index in [4.69, 9.17) is 0 Å². The first kappa shape index (κ1) is 21.1. The zero-order valence-corrected chi connectivity index (χ0v) is 18.1. The summed E-state index contributed by atoms with van der Waals surface area (Å²) in [6, 6.07) is 16.1. The summed E-state index contributed by atoms with van der Waals surface area (Å²) in [6.07, 6.45) is 4.31. The summed E-state index contributed by atoms with van der Waals surface area (Å²) in [5.41, 5.74) is 4.58. The molecular weight excluding hydrogens is 382 g/mol. The number of hydrogen-bond donors (Lipinski definition) is 1. The van der Waals surface area contributed by atoms with E-state index in [1.54, 1.807) is 6.08 Å². The van der Waals surface area contributed by atoms with Crippen molar-refractivity contribution in [1.29, 1.82) is 0 Å². The molecule has 0 fully saturated rings. The van der Waals surface area contributed by atoms with Crippen molar-refractivity contribution in [3.63, 3.8) is 0 Å². The summed E-state index contributed by atoms with van der Waals surface area (Å²) >= 11 is 0. The minimum Gasteiger partial charge on any atom is -0.322 e. The van der Waals surface area contributed by atoms with Crippen LogP contribution >= 0.6 is 0 Å². The Bertz CT molecular complexity index is 1230. The number of H-pyrrole nitrogens is 1. The van der Waals surface area contributed by atoms with Crippen molar-refractivity contribution in [2.24, 2.45) is 0 Å². The molecule has 0 bridgehead atoms. The maximum atomic E-state index is 12.2. The highest BCUT2D eigenvalue weighted by Crippen LogP contribution is 2.30. The van der Waals surface area contributed by atoms with E-state index in [0.29, 0.717) is 6.42 Å². The minimum atomic E-state index is -3.15. The number of rotatable bonds is 6. The van der Waals surface area contributed by atoms with Gasteiger partial charge in [-0.3, -0.25) is 4.79 Å². The van der Waals surface area contributed by atoms with Crippen LogP contribution in [0.4, 0.5) is 0 Å². The lowest BCUT2D eigenvalue weighted by molar-refractivity contribution is 0.523. The highest BCUT2D eigenvalue weighted by Gasteiger charge is 2.22. The molecule has 0 radical (unpaired) electrons. The molecule has 1 aromatic heterocycles. The van der Waals surface area contributed by atoms with Gasteiger partial charge < -0.3 is 4.98 Å². The van der Waals surface area contributed by atoms with Gasteiger partial charge in [-0.2, -0.15) is 0 Å². The van der Waals surface area contributed by atoms with Crippen LogP contribution in [0.1, 0.15) is 43.0 Å². The van der Waals surface area contributed by atoms with E-state index in [1.807, 2.05) is 31.2 Å². The molecule has 4 nitrogen and oxygen atoms in total. The Hall–Kier alpha value is -2.66. The second kappa shape index (κ2) is 7.99. The van der Waals surface area contributed by atoms with Crippen LogP contribution in [-0.2, 0) is 28.1 Å². The fourth-order valence-corrected chi connectivity index (χ4v) is 3.96. The number of fused-ring (bicyclic) bond motifs is 1. The maximum Gasteiger partial charge on any atom is 0.251 e. The average Bonchev–Trinajstić information content (AvgIpc) is 2.64. The molecule has 5 heteroatoms. The SMILES string of the molecule is CCc1cc2ccc(C(C)(C)Cc3cccc(/C=C/S(C)(=O)=O)c3)cc2[nH]c1=O. The van der Waals surface area contributed by atoms with Crippen LogP contribution in [0.25, 0.3) is 17.0 Å². The number of pyridine rings is 1. The van der Waals surface area contributed by atoms with E-state index in [0.717, 1.165) is 39.6 Å². The van der Waals surface area contributed by atoms with Crippen LogP contribution in [0.5, 0.6) is 0 Å². The summed E-state index contributed by atoms with van der Waals surface area (Å²) in [5.74, 6) is 0. The number of nitrogens with one attached hydrogen (secondary N) is 1. The smallest absolute Gasteiger partial charge is 0.251 e. The standard InChI is InChI=1S/C24H27NO3S/c1-5-19-14-20-9-10-21(15-22(20)25-23(19)26)24(2,3)16-18-8-6-7-17(13-18)11-12-29(4,27)28/h6-15H,5,16H2,1-4H3,(H,25,26)/b12-11+. The molecule has 29 heavy (non-hydrogen) atoms. The predicted molar refractivity (Wildman–Crippen MR) is 121 cm³/mol. The molecule has 1 N–H and O–H groups in total. The van der Waals surface area contributed by atoms with Crippen molar-refractivity contribution in [2.75, 3.05) is 6.26 Å². The second-order valence-corrected chi connectivity index (χ2v) is 10.1. The van der Waals surface area contributed by atoms with E-state index in [9.17, 15) is 13.2 Å². The number of benzene rings is 2. The average molecular weight is 410 g/mol. The van der Waals surface area contributed by atoms with Gasteiger partial charge in [0, 0.05) is 22.7 Å². The Morgan fingerprint density at radius 3 is 2.52 bits per heavy atom. The van der Waals surface area contributed by atoms with Crippen molar-refractivity contribution in [3.05, 3.63) is 86.5 Å². The molecule has 0 amide bonds. The fraction of sp³-hybridized carbons (Fsp3) is 0.292. The summed E-state index contributed by atoms with van der Waals surface area (Å²) in [5, 5.41) is 2.26. The third kappa shape index (κ3) is 5.24. The van der Waals surface area contributed by atoms with Crippen LogP contribution < -0.4 is 5.56 Å². The van der Waals surface area contributed by atoms with Gasteiger partial charge in [-0.25, -0.2) is 8.42 Å². The maximum absolute atomic E-state index is 12.2. The fourth-order valence-electron chi connectivity index (χ4n) is 3.55. The summed E-state index contributed by atoms with van der Waals surface area (Å²) < 4.78 is 22.7. The molecule has 2 aromatic carbocycles. The predicted octanol–water partition coefficient (Wildman–Crippen LogP) is 4.63. The van der Waals surface area contributed by atoms with Crippen LogP contribution in [0, 0.1) is 0 Å². The normalized spacial score (nSPS) is 12.7. The minimum absolute atomic E-state index is 0.0275. The summed E-state index contributed by atoms with van der Waals surface area (Å²) in [4.78, 5) is 15.2. The van der Waals surface area contributed by atoms with Crippen LogP contribution in [0.15, 0.2) is 58.7 Å². The van der Waals surface area contributed by atoms with Gasteiger partial charge in [0.05, 0.1) is 0 Å². The molecule has 152 valence electrons. The molecular formula is C24H27NO3S. The molecule has 0 saturated carbocycles. The Morgan fingerprint density at radius 2 is 1.83 bits per heavy atom.